The zero-order valence-corrected chi connectivity index (χ0v) is 33.5. The van der Waals surface area contributed by atoms with E-state index in [1.54, 1.807) is 0 Å². The number of hydrogen-bond donors (Lipinski definition) is 0. The Balaban J connectivity index is 1.13. The second kappa shape index (κ2) is 14.1. The summed E-state index contributed by atoms with van der Waals surface area (Å²) < 4.78 is 0. The lowest BCUT2D eigenvalue weighted by Crippen LogP contribution is -2.26. The fourth-order valence-electron chi connectivity index (χ4n) is 10.3. The molecule has 2 aliphatic carbocycles. The topological polar surface area (TPSA) is 6.48 Å². The van der Waals surface area contributed by atoms with Crippen molar-refractivity contribution in [2.75, 3.05) is 9.80 Å². The van der Waals surface area contributed by atoms with Crippen LogP contribution < -0.4 is 9.80 Å². The number of para-hydroxylation sites is 3. The van der Waals surface area contributed by atoms with Crippen molar-refractivity contribution in [3.05, 3.63) is 265 Å². The molecule has 1 atom stereocenters. The molecule has 1 unspecified atom stereocenters. The number of rotatable bonds is 7. The molecule has 0 N–H and O–H groups in total. The summed E-state index contributed by atoms with van der Waals surface area (Å²) in [4.78, 5) is 4.89. The van der Waals surface area contributed by atoms with Gasteiger partial charge in [0, 0.05) is 33.9 Å². The Kier molecular flexibility index (Phi) is 8.11. The highest BCUT2D eigenvalue weighted by atomic mass is 15.2. The van der Waals surface area contributed by atoms with E-state index in [0.717, 1.165) is 34.1 Å². The van der Waals surface area contributed by atoms with Gasteiger partial charge in [0.25, 0.3) is 0 Å². The van der Waals surface area contributed by atoms with Gasteiger partial charge in [-0.1, -0.05) is 182 Å². The lowest BCUT2D eigenvalue weighted by Gasteiger charge is -2.33. The van der Waals surface area contributed by atoms with Crippen LogP contribution in [0.1, 0.15) is 22.3 Å². The first-order chi connectivity index (χ1) is 30.3. The van der Waals surface area contributed by atoms with Crippen LogP contribution in [0.15, 0.2) is 243 Å². The molecule has 0 saturated carbocycles. The Morgan fingerprint density at radius 2 is 0.770 bits per heavy atom. The fourth-order valence-corrected chi connectivity index (χ4v) is 10.3. The third-order valence-corrected chi connectivity index (χ3v) is 12.8. The summed E-state index contributed by atoms with van der Waals surface area (Å²) in [5, 5.41) is 2.45. The molecule has 0 saturated heterocycles. The maximum Gasteiger partial charge on any atom is 0.0727 e. The second-order valence-corrected chi connectivity index (χ2v) is 16.0. The second-order valence-electron chi connectivity index (χ2n) is 16.0. The van der Waals surface area contributed by atoms with Gasteiger partial charge >= 0.3 is 0 Å². The summed E-state index contributed by atoms with van der Waals surface area (Å²) >= 11 is 0. The molecule has 286 valence electrons. The first kappa shape index (κ1) is 35.0. The molecule has 0 amide bonds. The molecule has 2 aliphatic rings. The number of benzene rings is 10. The lowest BCUT2D eigenvalue weighted by atomic mass is 9.70. The van der Waals surface area contributed by atoms with Crippen LogP contribution in [0.2, 0.25) is 0 Å². The third kappa shape index (κ3) is 5.36. The number of hydrogen-bond acceptors (Lipinski definition) is 2. The van der Waals surface area contributed by atoms with Crippen LogP contribution in [0, 0.1) is 0 Å². The Hall–Kier alpha value is -7.94. The summed E-state index contributed by atoms with van der Waals surface area (Å²) in [5.74, 6) is 0. The van der Waals surface area contributed by atoms with Crippen molar-refractivity contribution in [2.45, 2.75) is 5.41 Å². The molecule has 0 radical (unpaired) electrons. The van der Waals surface area contributed by atoms with Gasteiger partial charge in [0.15, 0.2) is 0 Å². The molecule has 2 nitrogen and oxygen atoms in total. The summed E-state index contributed by atoms with van der Waals surface area (Å²) in [7, 11) is 0. The van der Waals surface area contributed by atoms with Crippen molar-refractivity contribution in [2.24, 2.45) is 0 Å². The van der Waals surface area contributed by atoms with Crippen molar-refractivity contribution in [3.8, 4) is 33.4 Å². The highest BCUT2D eigenvalue weighted by Crippen LogP contribution is 2.65. The number of nitrogens with zero attached hydrogens (tertiary/aromatic N) is 2. The van der Waals surface area contributed by atoms with Crippen LogP contribution in [0.25, 0.3) is 44.2 Å². The molecule has 61 heavy (non-hydrogen) atoms. The van der Waals surface area contributed by atoms with Crippen LogP contribution in [-0.4, -0.2) is 0 Å². The molecule has 10 aromatic carbocycles. The van der Waals surface area contributed by atoms with Gasteiger partial charge in [-0.25, -0.2) is 0 Å². The minimum Gasteiger partial charge on any atom is -0.310 e. The van der Waals surface area contributed by atoms with Crippen LogP contribution in [0.4, 0.5) is 34.1 Å². The van der Waals surface area contributed by atoms with Crippen molar-refractivity contribution < 1.29 is 0 Å². The fraction of sp³-hybridized carbons (Fsp3) is 0.0169. The molecular formula is C59H40N2. The van der Waals surface area contributed by atoms with Gasteiger partial charge in [-0.2, -0.15) is 0 Å². The lowest BCUT2D eigenvalue weighted by molar-refractivity contribution is 0.793. The minimum absolute atomic E-state index is 0.559. The zero-order chi connectivity index (χ0) is 40.3. The van der Waals surface area contributed by atoms with E-state index in [-0.39, 0.29) is 0 Å². The molecule has 2 heteroatoms. The quantitative estimate of drug-likeness (QED) is 0.159. The normalized spacial score (nSPS) is 14.3. The van der Waals surface area contributed by atoms with Crippen LogP contribution in [-0.2, 0) is 5.41 Å². The van der Waals surface area contributed by atoms with Crippen LogP contribution >= 0.6 is 0 Å². The van der Waals surface area contributed by atoms with E-state index >= 15 is 0 Å². The molecule has 0 fully saturated rings. The smallest absolute Gasteiger partial charge is 0.0727 e. The van der Waals surface area contributed by atoms with Crippen LogP contribution in [0.5, 0.6) is 0 Å². The SMILES string of the molecule is c1ccc(-c2ccccc2N(c2ccccc2)c2cccc3c2-c2ccccc2C32c3ccccc3-c3ccc(N(c4ccccc4)c4ccc5ccccc5c4)cc32)cc1. The van der Waals surface area contributed by atoms with Crippen molar-refractivity contribution >= 4 is 44.9 Å². The molecule has 0 heterocycles. The van der Waals surface area contributed by atoms with E-state index in [1.807, 2.05) is 0 Å². The van der Waals surface area contributed by atoms with Gasteiger partial charge in [0.1, 0.15) is 0 Å². The van der Waals surface area contributed by atoms with Gasteiger partial charge in [0.05, 0.1) is 16.8 Å². The standard InChI is InChI=1S/C59H40N2/c1-4-20-42(21-5-1)48-27-14-17-33-56(48)61(45-25-8-3-9-26-45)57-34-18-32-54-58(57)51-29-13-16-31-53(51)59(54)52-30-15-12-28-49(52)50-38-37-47(40-55(50)59)60(44-23-6-2-7-24-44)46-36-35-41-19-10-11-22-43(41)39-46/h1-40H. The van der Waals surface area contributed by atoms with Gasteiger partial charge in [-0.05, 0) is 116 Å². The van der Waals surface area contributed by atoms with Gasteiger partial charge in [0.2, 0.25) is 0 Å². The van der Waals surface area contributed by atoms with E-state index < -0.39 is 5.41 Å². The summed E-state index contributed by atoms with van der Waals surface area (Å²) in [6, 6.07) is 89.0. The van der Waals surface area contributed by atoms with Gasteiger partial charge < -0.3 is 9.80 Å². The molecule has 10 aromatic rings. The summed E-state index contributed by atoms with van der Waals surface area (Å²) in [6.07, 6.45) is 0. The van der Waals surface area contributed by atoms with Gasteiger partial charge in [-0.3, -0.25) is 0 Å². The van der Waals surface area contributed by atoms with E-state index in [0.29, 0.717) is 0 Å². The zero-order valence-electron chi connectivity index (χ0n) is 33.5. The first-order valence-corrected chi connectivity index (χ1v) is 21.1. The largest absolute Gasteiger partial charge is 0.310 e. The Morgan fingerprint density at radius 1 is 0.262 bits per heavy atom. The molecule has 12 rings (SSSR count). The highest BCUT2D eigenvalue weighted by molar-refractivity contribution is 6.03. The van der Waals surface area contributed by atoms with Crippen molar-refractivity contribution in [1.29, 1.82) is 0 Å². The van der Waals surface area contributed by atoms with Crippen molar-refractivity contribution in [1.82, 2.24) is 0 Å². The molecule has 0 bridgehead atoms. The number of fused-ring (bicyclic) bond motifs is 11. The molecule has 1 spiro atoms. The number of anilines is 6. The van der Waals surface area contributed by atoms with E-state index in [9.17, 15) is 0 Å². The Morgan fingerprint density at radius 3 is 1.52 bits per heavy atom. The highest BCUT2D eigenvalue weighted by Gasteiger charge is 2.52. The summed E-state index contributed by atoms with van der Waals surface area (Å²) in [6.45, 7) is 0. The maximum atomic E-state index is 2.48. The van der Waals surface area contributed by atoms with Crippen LogP contribution in [0.3, 0.4) is 0 Å². The molecule has 0 aromatic heterocycles. The molecule has 0 aliphatic heterocycles. The Labute approximate surface area is 356 Å². The Bertz CT molecular complexity index is 3260. The van der Waals surface area contributed by atoms with E-state index in [1.165, 1.54) is 66.4 Å². The predicted molar refractivity (Wildman–Crippen MR) is 255 cm³/mol. The average molecular weight is 777 g/mol. The minimum atomic E-state index is -0.559. The third-order valence-electron chi connectivity index (χ3n) is 12.8. The average Bonchev–Trinajstić information content (AvgIpc) is 3.80. The predicted octanol–water partition coefficient (Wildman–Crippen LogP) is 15.8. The summed E-state index contributed by atoms with van der Waals surface area (Å²) in [5.41, 5.74) is 18.9. The van der Waals surface area contributed by atoms with Crippen molar-refractivity contribution in [3.63, 3.8) is 0 Å². The monoisotopic (exact) mass is 776 g/mol. The van der Waals surface area contributed by atoms with E-state index in [2.05, 4.69) is 252 Å². The van der Waals surface area contributed by atoms with E-state index in [4.69, 9.17) is 0 Å². The maximum absolute atomic E-state index is 2.48. The van der Waals surface area contributed by atoms with Gasteiger partial charge in [-0.15, -0.1) is 0 Å². The first-order valence-electron chi connectivity index (χ1n) is 21.1. The molecular weight excluding hydrogens is 737 g/mol.